The van der Waals surface area contributed by atoms with E-state index in [9.17, 15) is 9.59 Å². The van der Waals surface area contributed by atoms with Crippen LogP contribution in [0.15, 0.2) is 11.3 Å². The van der Waals surface area contributed by atoms with E-state index >= 15 is 0 Å². The molecule has 2 aliphatic rings. The molecule has 0 aromatic carbocycles. The van der Waals surface area contributed by atoms with Gasteiger partial charge < -0.3 is 4.74 Å². The van der Waals surface area contributed by atoms with Gasteiger partial charge in [-0.05, 0) is 32.1 Å². The second-order valence-electron chi connectivity index (χ2n) is 4.21. The zero-order valence-corrected chi connectivity index (χ0v) is 8.88. The Balaban J connectivity index is 2.20. The molecule has 82 valence electrons. The van der Waals surface area contributed by atoms with E-state index in [2.05, 4.69) is 0 Å². The molecule has 0 radical (unpaired) electrons. The number of carbonyl (C=O) groups excluding carboxylic acids is 2. The third kappa shape index (κ3) is 2.46. The monoisotopic (exact) mass is 208 g/mol. The normalized spacial score (nSPS) is 28.5. The molecule has 1 saturated carbocycles. The highest BCUT2D eigenvalue weighted by Crippen LogP contribution is 2.28. The van der Waals surface area contributed by atoms with Crippen molar-refractivity contribution < 1.29 is 14.3 Å². The van der Waals surface area contributed by atoms with Gasteiger partial charge in [-0.1, -0.05) is 0 Å². The van der Waals surface area contributed by atoms with E-state index in [0.29, 0.717) is 18.6 Å². The summed E-state index contributed by atoms with van der Waals surface area (Å²) in [6.07, 6.45) is 6.52. The van der Waals surface area contributed by atoms with Crippen LogP contribution >= 0.6 is 0 Å². The van der Waals surface area contributed by atoms with Gasteiger partial charge in [-0.25, -0.2) is 0 Å². The van der Waals surface area contributed by atoms with Gasteiger partial charge in [-0.2, -0.15) is 0 Å². The van der Waals surface area contributed by atoms with Gasteiger partial charge in [0.2, 0.25) is 0 Å². The predicted octanol–water partition coefficient (Wildman–Crippen LogP) is 2.50. The smallest absolute Gasteiger partial charge is 0.310 e. The molecule has 0 N–H and O–H groups in total. The summed E-state index contributed by atoms with van der Waals surface area (Å²) in [5, 5.41) is 0. The van der Waals surface area contributed by atoms with Crippen molar-refractivity contribution in [3.63, 3.8) is 0 Å². The molecule has 1 aliphatic heterocycles. The molecule has 1 saturated heterocycles. The largest absolute Gasteiger partial charge is 0.431 e. The summed E-state index contributed by atoms with van der Waals surface area (Å²) >= 11 is 0. The molecule has 3 heteroatoms. The Morgan fingerprint density at radius 1 is 0.800 bits per heavy atom. The molecule has 0 aromatic rings. The van der Waals surface area contributed by atoms with Crippen LogP contribution in [0.25, 0.3) is 0 Å². The van der Waals surface area contributed by atoms with E-state index < -0.39 is 0 Å². The van der Waals surface area contributed by atoms with Crippen LogP contribution in [0.3, 0.4) is 0 Å². The van der Waals surface area contributed by atoms with Gasteiger partial charge in [-0.3, -0.25) is 9.59 Å². The van der Waals surface area contributed by atoms with Crippen LogP contribution < -0.4 is 0 Å². The van der Waals surface area contributed by atoms with E-state index in [4.69, 9.17) is 4.74 Å². The van der Waals surface area contributed by atoms with Crippen LogP contribution in [0.5, 0.6) is 0 Å². The maximum Gasteiger partial charge on any atom is 0.310 e. The fourth-order valence-electron chi connectivity index (χ4n) is 2.18. The molecule has 0 aromatic heterocycles. The molecule has 0 spiro atoms. The maximum absolute atomic E-state index is 11.7. The average molecular weight is 208 g/mol. The lowest BCUT2D eigenvalue weighted by molar-refractivity contribution is -0.139. The third-order valence-corrected chi connectivity index (χ3v) is 3.03. The van der Waals surface area contributed by atoms with Gasteiger partial charge in [0.25, 0.3) is 0 Å². The first-order valence-electron chi connectivity index (χ1n) is 5.73. The van der Waals surface area contributed by atoms with Gasteiger partial charge in [0.05, 0.1) is 0 Å². The summed E-state index contributed by atoms with van der Waals surface area (Å²) in [6.45, 7) is 0. The van der Waals surface area contributed by atoms with Crippen molar-refractivity contribution in [3.8, 4) is 0 Å². The standard InChI is InChI=1S/C12H16O3/c13-10-6-2-1-5-9(10)11-7-3-4-8-12(14)15-11/h1-8H2/b11-9-. The fourth-order valence-corrected chi connectivity index (χ4v) is 2.18. The minimum Gasteiger partial charge on any atom is -0.431 e. The molecule has 1 aliphatic carbocycles. The first kappa shape index (κ1) is 10.4. The number of allylic oxidation sites excluding steroid dienone is 2. The molecule has 0 amide bonds. The average Bonchev–Trinajstić information content (AvgIpc) is 2.43. The lowest BCUT2D eigenvalue weighted by Crippen LogP contribution is -2.13. The number of esters is 1. The number of carbonyl (C=O) groups is 2. The van der Waals surface area contributed by atoms with E-state index in [-0.39, 0.29) is 11.8 Å². The number of hydrogen-bond donors (Lipinski definition) is 0. The van der Waals surface area contributed by atoms with Crippen molar-refractivity contribution in [1.82, 2.24) is 0 Å². The van der Waals surface area contributed by atoms with Crippen molar-refractivity contribution in [2.24, 2.45) is 0 Å². The second kappa shape index (κ2) is 4.60. The molecule has 0 unspecified atom stereocenters. The number of hydrogen-bond acceptors (Lipinski definition) is 3. The zero-order chi connectivity index (χ0) is 10.7. The van der Waals surface area contributed by atoms with Crippen molar-refractivity contribution in [2.75, 3.05) is 0 Å². The van der Waals surface area contributed by atoms with E-state index in [1.54, 1.807) is 0 Å². The Bertz CT molecular complexity index is 315. The number of rotatable bonds is 0. The Morgan fingerprint density at radius 2 is 1.47 bits per heavy atom. The molecule has 0 bridgehead atoms. The fraction of sp³-hybridized carbons (Fsp3) is 0.667. The Morgan fingerprint density at radius 3 is 2.27 bits per heavy atom. The maximum atomic E-state index is 11.7. The van der Waals surface area contributed by atoms with Crippen LogP contribution in [0.4, 0.5) is 0 Å². The minimum atomic E-state index is -0.173. The van der Waals surface area contributed by atoms with Crippen molar-refractivity contribution in [1.29, 1.82) is 0 Å². The van der Waals surface area contributed by atoms with Gasteiger partial charge in [0.15, 0.2) is 5.78 Å². The highest BCUT2D eigenvalue weighted by atomic mass is 16.5. The molecule has 0 atom stereocenters. The van der Waals surface area contributed by atoms with Crippen LogP contribution in [0, 0.1) is 0 Å². The van der Waals surface area contributed by atoms with Gasteiger partial charge >= 0.3 is 5.97 Å². The van der Waals surface area contributed by atoms with Crippen LogP contribution in [0.2, 0.25) is 0 Å². The SMILES string of the molecule is O=C1CCCC/C(=C2\CCCCC2=O)O1. The molecular formula is C12H16O3. The first-order chi connectivity index (χ1) is 7.27. The lowest BCUT2D eigenvalue weighted by Gasteiger charge is -2.16. The summed E-state index contributed by atoms with van der Waals surface area (Å²) in [5.74, 6) is 0.682. The third-order valence-electron chi connectivity index (χ3n) is 3.03. The summed E-state index contributed by atoms with van der Waals surface area (Å²) in [5.41, 5.74) is 0.788. The van der Waals surface area contributed by atoms with Crippen molar-refractivity contribution in [2.45, 2.75) is 51.4 Å². The quantitative estimate of drug-likeness (QED) is 0.453. The number of ether oxygens (including phenoxy) is 1. The summed E-state index contributed by atoms with van der Waals surface area (Å²) in [7, 11) is 0. The Hall–Kier alpha value is -1.12. The van der Waals surface area contributed by atoms with Gasteiger partial charge in [-0.15, -0.1) is 0 Å². The summed E-state index contributed by atoms with van der Waals surface area (Å²) < 4.78 is 5.24. The molecule has 1 heterocycles. The molecule has 2 rings (SSSR count). The van der Waals surface area contributed by atoms with E-state index in [1.165, 1.54) is 0 Å². The second-order valence-corrected chi connectivity index (χ2v) is 4.21. The lowest BCUT2D eigenvalue weighted by atomic mass is 9.91. The highest BCUT2D eigenvalue weighted by molar-refractivity contribution is 5.96. The zero-order valence-electron chi connectivity index (χ0n) is 8.88. The molecular weight excluding hydrogens is 192 g/mol. The highest BCUT2D eigenvalue weighted by Gasteiger charge is 2.23. The molecule has 3 nitrogen and oxygen atoms in total. The summed E-state index contributed by atoms with van der Waals surface area (Å²) in [6, 6.07) is 0. The van der Waals surface area contributed by atoms with Crippen LogP contribution in [-0.2, 0) is 14.3 Å². The molecule has 15 heavy (non-hydrogen) atoms. The first-order valence-corrected chi connectivity index (χ1v) is 5.73. The number of Topliss-reactive ketones (excluding diaryl/α,β-unsaturated/α-hetero) is 1. The summed E-state index contributed by atoms with van der Waals surface area (Å²) in [4.78, 5) is 22.9. The van der Waals surface area contributed by atoms with Gasteiger partial charge in [0, 0.05) is 24.8 Å². The number of ketones is 1. The van der Waals surface area contributed by atoms with Crippen LogP contribution in [-0.4, -0.2) is 11.8 Å². The van der Waals surface area contributed by atoms with Gasteiger partial charge in [0.1, 0.15) is 5.76 Å². The van der Waals surface area contributed by atoms with E-state index in [0.717, 1.165) is 44.1 Å². The minimum absolute atomic E-state index is 0.173. The Labute approximate surface area is 89.5 Å². The molecule has 2 fully saturated rings. The van der Waals surface area contributed by atoms with Crippen molar-refractivity contribution >= 4 is 11.8 Å². The van der Waals surface area contributed by atoms with Crippen LogP contribution in [0.1, 0.15) is 51.4 Å². The number of cyclic esters (lactones) is 1. The van der Waals surface area contributed by atoms with Crippen molar-refractivity contribution in [3.05, 3.63) is 11.3 Å². The Kier molecular flexibility index (Phi) is 3.19. The van der Waals surface area contributed by atoms with E-state index in [1.807, 2.05) is 0 Å². The topological polar surface area (TPSA) is 43.4 Å². The predicted molar refractivity (Wildman–Crippen MR) is 55.1 cm³/mol.